The van der Waals surface area contributed by atoms with E-state index in [4.69, 9.17) is 9.47 Å². The highest BCUT2D eigenvalue weighted by molar-refractivity contribution is 5.91. The second-order valence-corrected chi connectivity index (χ2v) is 7.23. The van der Waals surface area contributed by atoms with E-state index in [0.717, 1.165) is 25.0 Å². The Morgan fingerprint density at radius 2 is 1.12 bits per heavy atom. The molecule has 26 heavy (non-hydrogen) atoms. The minimum absolute atomic E-state index is 0.186. The standard InChI is InChI=1S/C22H40O4/c1-4-5-6-7-8-9-10-11-12-13-14-15-16-19-25-21(23)17-18-22(24)26-20(2)3/h17-18,20H,4-16,19H2,1-3H3/b18-17+. The Labute approximate surface area is 160 Å². The predicted octanol–water partition coefficient (Wildman–Crippen LogP) is 6.13. The van der Waals surface area contributed by atoms with E-state index in [1.807, 2.05) is 0 Å². The molecule has 4 heteroatoms. The lowest BCUT2D eigenvalue weighted by Crippen LogP contribution is -2.09. The molecular weight excluding hydrogens is 328 g/mol. The fraction of sp³-hybridized carbons (Fsp3) is 0.818. The largest absolute Gasteiger partial charge is 0.463 e. The fourth-order valence-electron chi connectivity index (χ4n) is 2.75. The van der Waals surface area contributed by atoms with Gasteiger partial charge in [-0.25, -0.2) is 9.59 Å². The van der Waals surface area contributed by atoms with E-state index < -0.39 is 11.9 Å². The first-order valence-electron chi connectivity index (χ1n) is 10.6. The number of unbranched alkanes of at least 4 members (excludes halogenated alkanes) is 12. The van der Waals surface area contributed by atoms with Crippen LogP contribution in [0.1, 0.15) is 104 Å². The highest BCUT2D eigenvalue weighted by Gasteiger charge is 2.03. The molecule has 0 fully saturated rings. The van der Waals surface area contributed by atoms with Gasteiger partial charge in [0.25, 0.3) is 0 Å². The Morgan fingerprint density at radius 1 is 0.692 bits per heavy atom. The second kappa shape index (κ2) is 18.5. The number of ether oxygens (including phenoxy) is 2. The zero-order valence-electron chi connectivity index (χ0n) is 17.3. The topological polar surface area (TPSA) is 52.6 Å². The highest BCUT2D eigenvalue weighted by Crippen LogP contribution is 2.12. The maximum absolute atomic E-state index is 11.4. The van der Waals surface area contributed by atoms with Gasteiger partial charge in [0.05, 0.1) is 12.7 Å². The van der Waals surface area contributed by atoms with Crippen molar-refractivity contribution in [1.82, 2.24) is 0 Å². The van der Waals surface area contributed by atoms with Crippen LogP contribution in [0.3, 0.4) is 0 Å². The van der Waals surface area contributed by atoms with Crippen LogP contribution < -0.4 is 0 Å². The van der Waals surface area contributed by atoms with Gasteiger partial charge in [0.1, 0.15) is 0 Å². The Bertz CT molecular complexity index is 374. The monoisotopic (exact) mass is 368 g/mol. The van der Waals surface area contributed by atoms with Crippen molar-refractivity contribution in [3.05, 3.63) is 12.2 Å². The lowest BCUT2D eigenvalue weighted by molar-refractivity contribution is -0.142. The molecule has 0 N–H and O–H groups in total. The number of rotatable bonds is 17. The first kappa shape index (κ1) is 24.7. The van der Waals surface area contributed by atoms with Crippen molar-refractivity contribution in [1.29, 1.82) is 0 Å². The van der Waals surface area contributed by atoms with Crippen LogP contribution in [0.4, 0.5) is 0 Å². The maximum atomic E-state index is 11.4. The number of carbonyl (C=O) groups excluding carboxylic acids is 2. The van der Waals surface area contributed by atoms with E-state index in [0.29, 0.717) is 6.61 Å². The lowest BCUT2D eigenvalue weighted by Gasteiger charge is -2.04. The summed E-state index contributed by atoms with van der Waals surface area (Å²) in [5.41, 5.74) is 0. The summed E-state index contributed by atoms with van der Waals surface area (Å²) in [6.45, 7) is 6.20. The SMILES string of the molecule is CCCCCCCCCCCCCCCOC(=O)/C=C/C(=O)OC(C)C. The first-order chi connectivity index (χ1) is 12.6. The van der Waals surface area contributed by atoms with Crippen molar-refractivity contribution < 1.29 is 19.1 Å². The molecule has 0 aromatic heterocycles. The molecule has 0 saturated carbocycles. The van der Waals surface area contributed by atoms with Crippen LogP contribution in [0, 0.1) is 0 Å². The van der Waals surface area contributed by atoms with Crippen LogP contribution in [0.25, 0.3) is 0 Å². The molecule has 4 nitrogen and oxygen atoms in total. The lowest BCUT2D eigenvalue weighted by atomic mass is 10.0. The average Bonchev–Trinajstić information content (AvgIpc) is 2.59. The zero-order valence-corrected chi connectivity index (χ0v) is 17.3. The zero-order chi connectivity index (χ0) is 19.5. The summed E-state index contributed by atoms with van der Waals surface area (Å²) in [6.07, 6.45) is 18.8. The Hall–Kier alpha value is -1.32. The Balaban J connectivity index is 3.31. The third-order valence-electron chi connectivity index (χ3n) is 4.20. The summed E-state index contributed by atoms with van der Waals surface area (Å²) in [4.78, 5) is 22.7. The van der Waals surface area contributed by atoms with Crippen molar-refractivity contribution in [2.45, 2.75) is 110 Å². The Kier molecular flexibility index (Phi) is 17.5. The van der Waals surface area contributed by atoms with Crippen LogP contribution in [-0.2, 0) is 19.1 Å². The molecule has 0 unspecified atom stereocenters. The quantitative estimate of drug-likeness (QED) is 0.176. The number of esters is 2. The molecule has 0 aromatic rings. The van der Waals surface area contributed by atoms with Gasteiger partial charge in [-0.2, -0.15) is 0 Å². The molecule has 0 spiro atoms. The highest BCUT2D eigenvalue weighted by atomic mass is 16.5. The van der Waals surface area contributed by atoms with Gasteiger partial charge >= 0.3 is 11.9 Å². The molecule has 0 aliphatic heterocycles. The van der Waals surface area contributed by atoms with Gasteiger partial charge in [-0.15, -0.1) is 0 Å². The third-order valence-corrected chi connectivity index (χ3v) is 4.20. The summed E-state index contributed by atoms with van der Waals surface area (Å²) in [6, 6.07) is 0. The maximum Gasteiger partial charge on any atom is 0.331 e. The minimum atomic E-state index is -0.516. The third kappa shape index (κ3) is 19.0. The van der Waals surface area contributed by atoms with Crippen molar-refractivity contribution in [2.75, 3.05) is 6.61 Å². The van der Waals surface area contributed by atoms with Crippen LogP contribution in [0.2, 0.25) is 0 Å². The van der Waals surface area contributed by atoms with E-state index in [2.05, 4.69) is 6.92 Å². The van der Waals surface area contributed by atoms with Crippen molar-refractivity contribution in [2.24, 2.45) is 0 Å². The summed E-state index contributed by atoms with van der Waals surface area (Å²) < 4.78 is 9.96. The van der Waals surface area contributed by atoms with Crippen molar-refractivity contribution in [3.63, 3.8) is 0 Å². The van der Waals surface area contributed by atoms with E-state index in [-0.39, 0.29) is 6.10 Å². The minimum Gasteiger partial charge on any atom is -0.463 e. The molecule has 0 amide bonds. The smallest absolute Gasteiger partial charge is 0.331 e. The van der Waals surface area contributed by atoms with Gasteiger partial charge in [-0.05, 0) is 20.3 Å². The van der Waals surface area contributed by atoms with Gasteiger partial charge in [0, 0.05) is 12.2 Å². The van der Waals surface area contributed by atoms with Gasteiger partial charge < -0.3 is 9.47 Å². The summed E-state index contributed by atoms with van der Waals surface area (Å²) in [5, 5.41) is 0. The molecule has 0 bridgehead atoms. The van der Waals surface area contributed by atoms with Crippen LogP contribution in [-0.4, -0.2) is 24.6 Å². The molecule has 0 atom stereocenters. The predicted molar refractivity (Wildman–Crippen MR) is 107 cm³/mol. The number of carbonyl (C=O) groups is 2. The normalized spacial score (nSPS) is 11.2. The van der Waals surface area contributed by atoms with Crippen LogP contribution in [0.5, 0.6) is 0 Å². The molecule has 0 heterocycles. The van der Waals surface area contributed by atoms with E-state index in [1.165, 1.54) is 70.6 Å². The van der Waals surface area contributed by atoms with Gasteiger partial charge in [-0.3, -0.25) is 0 Å². The molecule has 0 saturated heterocycles. The van der Waals surface area contributed by atoms with Crippen LogP contribution >= 0.6 is 0 Å². The first-order valence-corrected chi connectivity index (χ1v) is 10.6. The van der Waals surface area contributed by atoms with Gasteiger partial charge in [0.2, 0.25) is 0 Å². The van der Waals surface area contributed by atoms with Crippen molar-refractivity contribution in [3.8, 4) is 0 Å². The van der Waals surface area contributed by atoms with Crippen LogP contribution in [0.15, 0.2) is 12.2 Å². The molecular formula is C22H40O4. The van der Waals surface area contributed by atoms with Gasteiger partial charge in [-0.1, -0.05) is 84.0 Å². The molecule has 152 valence electrons. The Morgan fingerprint density at radius 3 is 1.58 bits per heavy atom. The van der Waals surface area contributed by atoms with E-state index in [1.54, 1.807) is 13.8 Å². The number of hydrogen-bond donors (Lipinski definition) is 0. The summed E-state index contributed by atoms with van der Waals surface area (Å²) in [5.74, 6) is -0.998. The summed E-state index contributed by atoms with van der Waals surface area (Å²) in [7, 11) is 0. The van der Waals surface area contributed by atoms with E-state index >= 15 is 0 Å². The van der Waals surface area contributed by atoms with E-state index in [9.17, 15) is 9.59 Å². The summed E-state index contributed by atoms with van der Waals surface area (Å²) >= 11 is 0. The molecule has 0 radical (unpaired) electrons. The molecule has 0 rings (SSSR count). The molecule has 0 aliphatic rings. The van der Waals surface area contributed by atoms with Gasteiger partial charge in [0.15, 0.2) is 0 Å². The average molecular weight is 369 g/mol. The molecule has 0 aromatic carbocycles. The number of hydrogen-bond acceptors (Lipinski definition) is 4. The second-order valence-electron chi connectivity index (χ2n) is 7.23. The van der Waals surface area contributed by atoms with Crippen molar-refractivity contribution >= 4 is 11.9 Å². The molecule has 0 aliphatic carbocycles. The fourth-order valence-corrected chi connectivity index (χ4v) is 2.75.